The van der Waals surface area contributed by atoms with Crippen LogP contribution in [-0.4, -0.2) is 17.6 Å². The molecule has 4 nitrogen and oxygen atoms in total. The minimum Gasteiger partial charge on any atom is -0.299 e. The first-order chi connectivity index (χ1) is 7.18. The van der Waals surface area contributed by atoms with Crippen molar-refractivity contribution in [2.75, 3.05) is 0 Å². The molecular weight excluding hydrogens is 194 g/mol. The van der Waals surface area contributed by atoms with Gasteiger partial charge in [-0.1, -0.05) is 12.2 Å². The Balaban J connectivity index is 2.12. The van der Waals surface area contributed by atoms with E-state index in [4.69, 9.17) is 0 Å². The van der Waals surface area contributed by atoms with Crippen LogP contribution in [0.4, 0.5) is 0 Å². The molecular formula is C11H13NO3. The van der Waals surface area contributed by atoms with Gasteiger partial charge in [-0.25, -0.2) is 0 Å². The van der Waals surface area contributed by atoms with Crippen LogP contribution in [0.5, 0.6) is 0 Å². The zero-order chi connectivity index (χ0) is 10.8. The summed E-state index contributed by atoms with van der Waals surface area (Å²) in [5.41, 5.74) is 0. The van der Waals surface area contributed by atoms with E-state index < -0.39 is 0 Å². The Labute approximate surface area is 87.7 Å². The third kappa shape index (κ3) is 1.98. The molecule has 2 atom stereocenters. The van der Waals surface area contributed by atoms with E-state index in [9.17, 15) is 14.4 Å². The first-order valence-corrected chi connectivity index (χ1v) is 5.21. The highest BCUT2D eigenvalue weighted by atomic mass is 16.2. The largest absolute Gasteiger partial charge is 0.299 e. The smallest absolute Gasteiger partial charge is 0.230 e. The Morgan fingerprint density at radius 2 is 2.00 bits per heavy atom. The summed E-state index contributed by atoms with van der Waals surface area (Å²) in [6, 6.07) is 0. The molecule has 2 unspecified atom stereocenters. The van der Waals surface area contributed by atoms with Gasteiger partial charge in [0.25, 0.3) is 0 Å². The number of hydrogen-bond acceptors (Lipinski definition) is 3. The van der Waals surface area contributed by atoms with Gasteiger partial charge in [-0.3, -0.25) is 19.7 Å². The first kappa shape index (κ1) is 10.1. The minimum absolute atomic E-state index is 0.118. The van der Waals surface area contributed by atoms with Gasteiger partial charge in [0.15, 0.2) is 0 Å². The second-order valence-corrected chi connectivity index (χ2v) is 4.02. The molecule has 0 radical (unpaired) electrons. The van der Waals surface area contributed by atoms with Crippen LogP contribution in [0.1, 0.15) is 25.7 Å². The molecule has 0 spiro atoms. The maximum Gasteiger partial charge on any atom is 0.230 e. The Bertz CT molecular complexity index is 346. The second-order valence-electron chi connectivity index (χ2n) is 4.02. The number of nitrogens with one attached hydrogen (secondary N) is 1. The van der Waals surface area contributed by atoms with Crippen molar-refractivity contribution in [1.29, 1.82) is 0 Å². The van der Waals surface area contributed by atoms with Crippen LogP contribution < -0.4 is 5.32 Å². The van der Waals surface area contributed by atoms with Crippen molar-refractivity contribution in [3.8, 4) is 0 Å². The summed E-state index contributed by atoms with van der Waals surface area (Å²) < 4.78 is 0. The number of piperidine rings is 1. The van der Waals surface area contributed by atoms with Gasteiger partial charge in [-0.05, 0) is 12.8 Å². The summed E-state index contributed by atoms with van der Waals surface area (Å²) in [4.78, 5) is 34.1. The highest BCUT2D eigenvalue weighted by molar-refractivity contribution is 6.01. The SMILES string of the molecule is O=C1CCC(C2C=CCCC2=O)C(=O)N1. The van der Waals surface area contributed by atoms with Crippen molar-refractivity contribution < 1.29 is 14.4 Å². The molecule has 1 aliphatic carbocycles. The molecule has 0 aromatic carbocycles. The predicted molar refractivity (Wildman–Crippen MR) is 52.7 cm³/mol. The Kier molecular flexibility index (Phi) is 2.66. The molecule has 2 rings (SSSR count). The molecule has 2 aliphatic rings. The van der Waals surface area contributed by atoms with E-state index in [1.54, 1.807) is 0 Å². The maximum atomic E-state index is 11.6. The van der Waals surface area contributed by atoms with E-state index in [1.807, 2.05) is 12.2 Å². The summed E-state index contributed by atoms with van der Waals surface area (Å²) in [7, 11) is 0. The summed E-state index contributed by atoms with van der Waals surface area (Å²) in [6.45, 7) is 0. The van der Waals surface area contributed by atoms with Crippen LogP contribution >= 0.6 is 0 Å². The first-order valence-electron chi connectivity index (χ1n) is 5.21. The normalized spacial score (nSPS) is 31.6. The Hall–Kier alpha value is -1.45. The summed E-state index contributed by atoms with van der Waals surface area (Å²) in [5, 5.41) is 2.28. The van der Waals surface area contributed by atoms with Gasteiger partial charge in [0.2, 0.25) is 11.8 Å². The van der Waals surface area contributed by atoms with E-state index in [0.29, 0.717) is 19.3 Å². The molecule has 2 amide bonds. The molecule has 15 heavy (non-hydrogen) atoms. The molecule has 0 bridgehead atoms. The molecule has 4 heteroatoms. The van der Waals surface area contributed by atoms with Crippen LogP contribution in [0.15, 0.2) is 12.2 Å². The third-order valence-electron chi connectivity index (χ3n) is 2.99. The lowest BCUT2D eigenvalue weighted by atomic mass is 9.79. The lowest BCUT2D eigenvalue weighted by Gasteiger charge is -2.27. The van der Waals surface area contributed by atoms with Crippen LogP contribution in [-0.2, 0) is 14.4 Å². The van der Waals surface area contributed by atoms with E-state index >= 15 is 0 Å². The van der Waals surface area contributed by atoms with Gasteiger partial charge >= 0.3 is 0 Å². The molecule has 1 fully saturated rings. The number of ketones is 1. The number of rotatable bonds is 1. The Morgan fingerprint density at radius 3 is 2.67 bits per heavy atom. The predicted octanol–water partition coefficient (Wildman–Crippen LogP) is 0.575. The van der Waals surface area contributed by atoms with Crippen LogP contribution in [0.25, 0.3) is 0 Å². The van der Waals surface area contributed by atoms with Gasteiger partial charge in [0.1, 0.15) is 5.78 Å². The van der Waals surface area contributed by atoms with Gasteiger partial charge in [0, 0.05) is 18.8 Å². The molecule has 1 heterocycles. The molecule has 1 N–H and O–H groups in total. The van der Waals surface area contributed by atoms with E-state index in [0.717, 1.165) is 6.42 Å². The minimum atomic E-state index is -0.341. The summed E-state index contributed by atoms with van der Waals surface area (Å²) in [5.74, 6) is -1.06. The van der Waals surface area contributed by atoms with Gasteiger partial charge in [-0.15, -0.1) is 0 Å². The number of carbonyl (C=O) groups excluding carboxylic acids is 3. The van der Waals surface area contributed by atoms with Gasteiger partial charge in [-0.2, -0.15) is 0 Å². The van der Waals surface area contributed by atoms with Crippen molar-refractivity contribution in [2.24, 2.45) is 11.8 Å². The van der Waals surface area contributed by atoms with Gasteiger partial charge in [0.05, 0.1) is 5.92 Å². The maximum absolute atomic E-state index is 11.6. The summed E-state index contributed by atoms with van der Waals surface area (Å²) in [6.07, 6.45) is 5.86. The fourth-order valence-electron chi connectivity index (χ4n) is 2.15. The lowest BCUT2D eigenvalue weighted by Crippen LogP contribution is -2.45. The zero-order valence-electron chi connectivity index (χ0n) is 8.36. The molecule has 0 aromatic heterocycles. The number of carbonyl (C=O) groups is 3. The molecule has 0 saturated carbocycles. The second kappa shape index (κ2) is 3.96. The third-order valence-corrected chi connectivity index (χ3v) is 2.99. The number of Topliss-reactive ketones (excluding diaryl/α,β-unsaturated/α-hetero) is 1. The molecule has 1 saturated heterocycles. The number of allylic oxidation sites excluding steroid dienone is 2. The number of hydrogen-bond donors (Lipinski definition) is 1. The fraction of sp³-hybridized carbons (Fsp3) is 0.545. The monoisotopic (exact) mass is 207 g/mol. The highest BCUT2D eigenvalue weighted by Crippen LogP contribution is 2.27. The van der Waals surface area contributed by atoms with Gasteiger partial charge < -0.3 is 0 Å². The van der Waals surface area contributed by atoms with Crippen LogP contribution in [0, 0.1) is 11.8 Å². The number of imide groups is 1. The van der Waals surface area contributed by atoms with Crippen molar-refractivity contribution in [3.63, 3.8) is 0 Å². The topological polar surface area (TPSA) is 63.2 Å². The average molecular weight is 207 g/mol. The van der Waals surface area contributed by atoms with Crippen molar-refractivity contribution in [1.82, 2.24) is 5.32 Å². The van der Waals surface area contributed by atoms with Crippen LogP contribution in [0.2, 0.25) is 0 Å². The fourth-order valence-corrected chi connectivity index (χ4v) is 2.15. The quantitative estimate of drug-likeness (QED) is 0.505. The van der Waals surface area contributed by atoms with Crippen molar-refractivity contribution in [2.45, 2.75) is 25.7 Å². The highest BCUT2D eigenvalue weighted by Gasteiger charge is 2.36. The molecule has 0 aromatic rings. The van der Waals surface area contributed by atoms with E-state index in [2.05, 4.69) is 5.32 Å². The zero-order valence-corrected chi connectivity index (χ0v) is 8.36. The van der Waals surface area contributed by atoms with Crippen molar-refractivity contribution >= 4 is 17.6 Å². The lowest BCUT2D eigenvalue weighted by molar-refractivity contribution is -0.140. The molecule has 1 aliphatic heterocycles. The number of amides is 2. The average Bonchev–Trinajstić information content (AvgIpc) is 2.20. The van der Waals surface area contributed by atoms with Crippen LogP contribution in [0.3, 0.4) is 0 Å². The van der Waals surface area contributed by atoms with Crippen molar-refractivity contribution in [3.05, 3.63) is 12.2 Å². The van der Waals surface area contributed by atoms with E-state index in [-0.39, 0.29) is 29.4 Å². The standard InChI is InChI=1S/C11H13NO3/c13-9-4-2-1-3-7(9)8-5-6-10(14)12-11(8)15/h1,3,7-8H,2,4-6H2,(H,12,14,15). The Morgan fingerprint density at radius 1 is 1.20 bits per heavy atom. The summed E-state index contributed by atoms with van der Waals surface area (Å²) >= 11 is 0. The molecule has 80 valence electrons. The van der Waals surface area contributed by atoms with E-state index in [1.165, 1.54) is 0 Å².